The van der Waals surface area contributed by atoms with E-state index in [2.05, 4.69) is 14.6 Å². The minimum absolute atomic E-state index is 0.0440. The monoisotopic (exact) mass is 472 g/mol. The molecule has 2 N–H and O–H groups in total. The number of sulfonamides is 1. The molecular formula is C25H33FN4O2S. The molecule has 2 unspecified atom stereocenters. The normalized spacial score (nSPS) is 22.8. The standard InChI is InChI=1S/C19H25FN2.C6H8N2O2S/c20-15-7-8-16-14(10-15)6-9-18-17(16)11-19(21)22(18)12-13-4-2-1-3-5-13;1-7-11(9,10)6-4-2-3-5-8-6/h7-8,10,13,17-18,21H,1-6,9,11-12H2;2-5,7H,1H3. The van der Waals surface area contributed by atoms with Crippen LogP contribution in [-0.4, -0.2) is 43.8 Å². The van der Waals surface area contributed by atoms with Crippen molar-refractivity contribution in [3.63, 3.8) is 0 Å². The summed E-state index contributed by atoms with van der Waals surface area (Å²) in [5.41, 5.74) is 2.47. The van der Waals surface area contributed by atoms with Crippen LogP contribution in [-0.2, 0) is 16.4 Å². The van der Waals surface area contributed by atoms with Crippen molar-refractivity contribution in [1.29, 1.82) is 5.41 Å². The van der Waals surface area contributed by atoms with Gasteiger partial charge in [-0.2, -0.15) is 0 Å². The molecule has 1 saturated carbocycles. The average molecular weight is 473 g/mol. The number of fused-ring (bicyclic) bond motifs is 3. The zero-order valence-corrected chi connectivity index (χ0v) is 20.0. The number of hydrogen-bond acceptors (Lipinski definition) is 4. The number of halogens is 1. The van der Waals surface area contributed by atoms with E-state index in [0.29, 0.717) is 12.0 Å². The van der Waals surface area contributed by atoms with Crippen LogP contribution < -0.4 is 4.72 Å². The molecule has 6 nitrogen and oxygen atoms in total. The predicted molar refractivity (Wildman–Crippen MR) is 127 cm³/mol. The molecule has 5 rings (SSSR count). The Kier molecular flexibility index (Phi) is 7.44. The van der Waals surface area contributed by atoms with Crippen LogP contribution in [0.25, 0.3) is 0 Å². The first-order valence-corrected chi connectivity index (χ1v) is 13.3. The summed E-state index contributed by atoms with van der Waals surface area (Å²) in [6.45, 7) is 1.08. The number of likely N-dealkylation sites (tertiary alicyclic amines) is 1. The maximum atomic E-state index is 13.4. The van der Waals surface area contributed by atoms with Gasteiger partial charge in [-0.25, -0.2) is 22.5 Å². The van der Waals surface area contributed by atoms with Gasteiger partial charge in [-0.1, -0.05) is 31.4 Å². The number of pyridine rings is 1. The van der Waals surface area contributed by atoms with Crippen molar-refractivity contribution in [3.05, 3.63) is 59.5 Å². The van der Waals surface area contributed by atoms with Gasteiger partial charge in [0, 0.05) is 31.1 Å². The number of rotatable bonds is 4. The maximum absolute atomic E-state index is 13.4. The van der Waals surface area contributed by atoms with E-state index in [1.165, 1.54) is 62.5 Å². The molecule has 2 heterocycles. The Morgan fingerprint density at radius 2 is 1.94 bits per heavy atom. The molecule has 2 aromatic rings. The molecular weight excluding hydrogens is 439 g/mol. The molecule has 8 heteroatoms. The smallest absolute Gasteiger partial charge is 0.257 e. The Balaban J connectivity index is 0.000000200. The molecule has 0 amide bonds. The molecule has 1 aliphatic heterocycles. The highest BCUT2D eigenvalue weighted by molar-refractivity contribution is 7.89. The first kappa shape index (κ1) is 23.8. The van der Waals surface area contributed by atoms with Gasteiger partial charge in [0.05, 0.1) is 5.84 Å². The zero-order valence-electron chi connectivity index (χ0n) is 19.1. The SMILES string of the molecule is CNS(=O)(=O)c1ccccn1.N=C1CC2c3ccc(F)cc3CCC2N1CC1CCCCC1. The zero-order chi connectivity index (χ0) is 23.4. The molecule has 33 heavy (non-hydrogen) atoms. The average Bonchev–Trinajstić information content (AvgIpc) is 3.15. The summed E-state index contributed by atoms with van der Waals surface area (Å²) in [4.78, 5) is 6.07. The highest BCUT2D eigenvalue weighted by atomic mass is 32.2. The van der Waals surface area contributed by atoms with Gasteiger partial charge >= 0.3 is 0 Å². The number of aromatic nitrogens is 1. The fraction of sp³-hybridized carbons (Fsp3) is 0.520. The van der Waals surface area contributed by atoms with Gasteiger partial charge in [-0.3, -0.25) is 5.41 Å². The maximum Gasteiger partial charge on any atom is 0.257 e. The van der Waals surface area contributed by atoms with E-state index in [1.807, 2.05) is 6.07 Å². The fourth-order valence-electron chi connectivity index (χ4n) is 5.51. The molecule has 0 radical (unpaired) electrons. The number of nitrogens with zero attached hydrogens (tertiary/aromatic N) is 2. The van der Waals surface area contributed by atoms with Gasteiger partial charge < -0.3 is 4.90 Å². The number of nitrogens with one attached hydrogen (secondary N) is 2. The summed E-state index contributed by atoms with van der Waals surface area (Å²) in [5.74, 6) is 1.89. The minimum Gasteiger partial charge on any atom is -0.357 e. The molecule has 2 aliphatic carbocycles. The van der Waals surface area contributed by atoms with Crippen molar-refractivity contribution in [2.24, 2.45) is 5.92 Å². The van der Waals surface area contributed by atoms with Crippen LogP contribution in [0.4, 0.5) is 4.39 Å². The van der Waals surface area contributed by atoms with Crippen LogP contribution in [0.1, 0.15) is 62.0 Å². The molecule has 3 aliphatic rings. The number of benzene rings is 1. The highest BCUT2D eigenvalue weighted by Crippen LogP contribution is 2.43. The van der Waals surface area contributed by atoms with Crippen LogP contribution >= 0.6 is 0 Å². The lowest BCUT2D eigenvalue weighted by atomic mass is 9.79. The number of amidine groups is 1. The van der Waals surface area contributed by atoms with Gasteiger partial charge in [-0.05, 0) is 74.0 Å². The summed E-state index contributed by atoms with van der Waals surface area (Å²) in [6.07, 6.45) is 11.1. The number of hydrogen-bond donors (Lipinski definition) is 2. The molecule has 2 fully saturated rings. The van der Waals surface area contributed by atoms with Crippen molar-refractivity contribution >= 4 is 15.9 Å². The fourth-order valence-corrected chi connectivity index (χ4v) is 6.18. The summed E-state index contributed by atoms with van der Waals surface area (Å²) in [6, 6.07) is 10.5. The highest BCUT2D eigenvalue weighted by Gasteiger charge is 2.42. The summed E-state index contributed by atoms with van der Waals surface area (Å²) in [7, 11) is -2.01. The Labute approximate surface area is 196 Å². The van der Waals surface area contributed by atoms with Crippen LogP contribution in [0, 0.1) is 17.1 Å². The largest absolute Gasteiger partial charge is 0.357 e. The van der Waals surface area contributed by atoms with E-state index in [4.69, 9.17) is 5.41 Å². The van der Waals surface area contributed by atoms with Crippen molar-refractivity contribution in [2.45, 2.75) is 68.4 Å². The molecule has 178 valence electrons. The van der Waals surface area contributed by atoms with Crippen LogP contribution in [0.15, 0.2) is 47.6 Å². The van der Waals surface area contributed by atoms with Gasteiger partial charge in [0.2, 0.25) is 0 Å². The van der Waals surface area contributed by atoms with Gasteiger partial charge in [0.15, 0.2) is 5.03 Å². The molecule has 1 aromatic heterocycles. The lowest BCUT2D eigenvalue weighted by Crippen LogP contribution is -2.40. The van der Waals surface area contributed by atoms with Gasteiger partial charge in [0.1, 0.15) is 5.82 Å². The first-order chi connectivity index (χ1) is 15.9. The predicted octanol–water partition coefficient (Wildman–Crippen LogP) is 4.48. The molecule has 0 bridgehead atoms. The Morgan fingerprint density at radius 1 is 1.15 bits per heavy atom. The third kappa shape index (κ3) is 5.44. The van der Waals surface area contributed by atoms with Crippen LogP contribution in [0.3, 0.4) is 0 Å². The van der Waals surface area contributed by atoms with Crippen molar-refractivity contribution < 1.29 is 12.8 Å². The summed E-state index contributed by atoms with van der Waals surface area (Å²) < 4.78 is 37.7. The lowest BCUT2D eigenvalue weighted by Gasteiger charge is -2.36. The van der Waals surface area contributed by atoms with E-state index >= 15 is 0 Å². The second-order valence-electron chi connectivity index (χ2n) is 9.24. The van der Waals surface area contributed by atoms with Crippen molar-refractivity contribution in [2.75, 3.05) is 13.6 Å². The van der Waals surface area contributed by atoms with Crippen molar-refractivity contribution in [1.82, 2.24) is 14.6 Å². The van der Waals surface area contributed by atoms with Crippen LogP contribution in [0.2, 0.25) is 0 Å². The summed E-state index contributed by atoms with van der Waals surface area (Å²) in [5, 5.41) is 8.50. The van der Waals surface area contributed by atoms with Gasteiger partial charge in [-0.15, -0.1) is 0 Å². The van der Waals surface area contributed by atoms with E-state index in [-0.39, 0.29) is 10.8 Å². The Bertz CT molecular complexity index is 1070. The topological polar surface area (TPSA) is 86.1 Å². The Morgan fingerprint density at radius 3 is 2.64 bits per heavy atom. The lowest BCUT2D eigenvalue weighted by molar-refractivity contribution is 0.220. The molecule has 1 saturated heterocycles. The minimum atomic E-state index is -3.36. The third-order valence-electron chi connectivity index (χ3n) is 7.20. The second kappa shape index (κ2) is 10.3. The number of aryl methyl sites for hydroxylation is 1. The third-order valence-corrected chi connectivity index (χ3v) is 8.53. The molecule has 1 aromatic carbocycles. The van der Waals surface area contributed by atoms with E-state index < -0.39 is 10.0 Å². The van der Waals surface area contributed by atoms with E-state index in [0.717, 1.165) is 37.6 Å². The van der Waals surface area contributed by atoms with E-state index in [9.17, 15) is 12.8 Å². The van der Waals surface area contributed by atoms with Crippen LogP contribution in [0.5, 0.6) is 0 Å². The first-order valence-electron chi connectivity index (χ1n) is 11.9. The molecule has 0 spiro atoms. The van der Waals surface area contributed by atoms with E-state index in [1.54, 1.807) is 24.3 Å². The second-order valence-corrected chi connectivity index (χ2v) is 11.1. The quantitative estimate of drug-likeness (QED) is 0.687. The van der Waals surface area contributed by atoms with Crippen molar-refractivity contribution in [3.8, 4) is 0 Å². The molecule has 2 atom stereocenters. The Hall–Kier alpha value is -2.32. The summed E-state index contributed by atoms with van der Waals surface area (Å²) >= 11 is 0. The van der Waals surface area contributed by atoms with Gasteiger partial charge in [0.25, 0.3) is 10.0 Å².